The van der Waals surface area contributed by atoms with Crippen molar-refractivity contribution in [2.24, 2.45) is 17.0 Å². The fourth-order valence-electron chi connectivity index (χ4n) is 3.79. The van der Waals surface area contributed by atoms with Crippen molar-refractivity contribution >= 4 is 5.84 Å². The summed E-state index contributed by atoms with van der Waals surface area (Å²) in [5, 5.41) is 9.11. The van der Waals surface area contributed by atoms with Crippen LogP contribution in [-0.2, 0) is 29.9 Å². The van der Waals surface area contributed by atoms with Crippen LogP contribution in [0.2, 0.25) is 0 Å². The maximum Gasteiger partial charge on any atom is 0.419 e. The third kappa shape index (κ3) is 4.93. The number of hydrogen-bond donors (Lipinski definition) is 0. The lowest BCUT2D eigenvalue weighted by atomic mass is 9.92. The highest BCUT2D eigenvalue weighted by Crippen LogP contribution is 2.32. The first-order valence-corrected chi connectivity index (χ1v) is 10.2. The number of nitrogens with zero attached hydrogens (tertiary/aromatic N) is 5. The average molecular weight is 451 g/mol. The van der Waals surface area contributed by atoms with Crippen LogP contribution in [0, 0.1) is 17.3 Å². The van der Waals surface area contributed by atoms with Gasteiger partial charge in [-0.3, -0.25) is 9.36 Å². The molecule has 0 spiro atoms. The van der Waals surface area contributed by atoms with Crippen molar-refractivity contribution in [3.05, 3.63) is 52.4 Å². The Morgan fingerprint density at radius 2 is 2.00 bits per heavy atom. The van der Waals surface area contributed by atoms with Crippen LogP contribution in [0.15, 0.2) is 34.3 Å². The number of benzene rings is 1. The van der Waals surface area contributed by atoms with E-state index in [4.69, 9.17) is 10.00 Å². The highest BCUT2D eigenvalue weighted by atomic mass is 19.4. The normalized spacial score (nSPS) is 18.3. The van der Waals surface area contributed by atoms with E-state index in [1.54, 1.807) is 6.07 Å². The molecule has 0 aliphatic carbocycles. The molecule has 32 heavy (non-hydrogen) atoms. The minimum Gasteiger partial charge on any atom is -0.376 e. The zero-order valence-electron chi connectivity index (χ0n) is 18.4. The van der Waals surface area contributed by atoms with Crippen LogP contribution in [0.4, 0.5) is 17.6 Å². The van der Waals surface area contributed by atoms with Crippen molar-refractivity contribution in [1.82, 2.24) is 9.36 Å². The number of ether oxygens (including phenoxy) is 1. The Bertz CT molecular complexity index is 1120. The highest BCUT2D eigenvalue weighted by molar-refractivity contribution is 6.00. The Labute approximate surface area is 183 Å². The van der Waals surface area contributed by atoms with Gasteiger partial charge in [0.1, 0.15) is 5.82 Å². The monoisotopic (exact) mass is 451 g/mol. The lowest BCUT2D eigenvalue weighted by Gasteiger charge is -2.21. The summed E-state index contributed by atoms with van der Waals surface area (Å²) in [6, 6.07) is 4.60. The van der Waals surface area contributed by atoms with Crippen LogP contribution < -0.4 is 5.49 Å². The van der Waals surface area contributed by atoms with E-state index in [1.165, 1.54) is 6.19 Å². The van der Waals surface area contributed by atoms with Gasteiger partial charge in [-0.2, -0.15) is 23.4 Å². The maximum atomic E-state index is 14.7. The Hall–Kier alpha value is -2.93. The van der Waals surface area contributed by atoms with Gasteiger partial charge in [0.15, 0.2) is 11.3 Å². The molecule has 2 aromatic rings. The first-order chi connectivity index (χ1) is 14.9. The number of aromatic nitrogens is 2. The van der Waals surface area contributed by atoms with Gasteiger partial charge in [0, 0.05) is 30.8 Å². The van der Waals surface area contributed by atoms with E-state index in [-0.39, 0.29) is 11.5 Å². The zero-order chi connectivity index (χ0) is 23.7. The fourth-order valence-corrected chi connectivity index (χ4v) is 3.79. The summed E-state index contributed by atoms with van der Waals surface area (Å²) in [5.74, 6) is -1.95. The van der Waals surface area contributed by atoms with Gasteiger partial charge in [0.2, 0.25) is 6.19 Å². The number of halogens is 4. The predicted octanol–water partition coefficient (Wildman–Crippen LogP) is 4.29. The molecule has 3 rings (SSSR count). The Morgan fingerprint density at radius 3 is 2.56 bits per heavy atom. The molecule has 1 aliphatic rings. The largest absolute Gasteiger partial charge is 0.419 e. The third-order valence-corrected chi connectivity index (χ3v) is 5.33. The Kier molecular flexibility index (Phi) is 6.60. The van der Waals surface area contributed by atoms with E-state index in [0.717, 1.165) is 30.7 Å². The molecule has 10 heteroatoms. The number of aliphatic imine (C=N–C) groups is 1. The van der Waals surface area contributed by atoms with Gasteiger partial charge in [-0.15, -0.1) is 0 Å². The minimum absolute atomic E-state index is 0.0444. The van der Waals surface area contributed by atoms with Gasteiger partial charge in [0.05, 0.1) is 23.8 Å². The molecule has 1 aromatic heterocycles. The molecule has 0 bridgehead atoms. The van der Waals surface area contributed by atoms with Crippen molar-refractivity contribution in [3.63, 3.8) is 0 Å². The van der Waals surface area contributed by atoms with Gasteiger partial charge < -0.3 is 4.74 Å². The maximum absolute atomic E-state index is 14.7. The van der Waals surface area contributed by atoms with Crippen molar-refractivity contribution < 1.29 is 22.3 Å². The fraction of sp³-hybridized carbons (Fsp3) is 0.500. The molecular formula is C22H25F4N5O. The summed E-state index contributed by atoms with van der Waals surface area (Å²) >= 11 is 0. The quantitative estimate of drug-likeness (QED) is 0.302. The summed E-state index contributed by atoms with van der Waals surface area (Å²) in [6.45, 7) is 7.15. The SMILES string of the molecule is Cn1c(C(C)(C)C)c/c(=N\C(=N\C#N)c2cccc(C(F)(F)F)c2F)n1C[C@H]1CCCO1. The predicted molar refractivity (Wildman–Crippen MR) is 110 cm³/mol. The first kappa shape index (κ1) is 23.7. The molecule has 172 valence electrons. The standard InChI is InChI=1S/C22H25F4N5O/c1-21(2,3)17-11-18(31(30(17)4)12-14-7-6-10-32-14)29-20(28-13-27)15-8-5-9-16(19(15)23)22(24,25)26/h5,8-9,11,14H,6-7,10,12H2,1-4H3/b28-20+,29-18+/t14-/m1/s1. The van der Waals surface area contributed by atoms with Crippen molar-refractivity contribution in [1.29, 1.82) is 5.26 Å². The number of hydrogen-bond acceptors (Lipinski definition) is 3. The second-order valence-corrected chi connectivity index (χ2v) is 8.69. The number of rotatable bonds is 3. The molecule has 1 atom stereocenters. The van der Waals surface area contributed by atoms with E-state index in [9.17, 15) is 17.6 Å². The van der Waals surface area contributed by atoms with E-state index >= 15 is 0 Å². The lowest BCUT2D eigenvalue weighted by molar-refractivity contribution is -0.140. The molecule has 6 nitrogen and oxygen atoms in total. The minimum atomic E-state index is -4.89. The first-order valence-electron chi connectivity index (χ1n) is 10.2. The molecule has 0 radical (unpaired) electrons. The van der Waals surface area contributed by atoms with Crippen LogP contribution in [0.1, 0.15) is 50.4 Å². The van der Waals surface area contributed by atoms with Gasteiger partial charge >= 0.3 is 6.18 Å². The second kappa shape index (κ2) is 8.90. The molecule has 0 N–H and O–H groups in total. The van der Waals surface area contributed by atoms with Crippen molar-refractivity contribution in [3.8, 4) is 6.19 Å². The third-order valence-electron chi connectivity index (χ3n) is 5.33. The average Bonchev–Trinajstić information content (AvgIpc) is 3.30. The molecule has 0 unspecified atom stereocenters. The Morgan fingerprint density at radius 1 is 1.28 bits per heavy atom. The van der Waals surface area contributed by atoms with E-state index < -0.39 is 29.0 Å². The highest BCUT2D eigenvalue weighted by Gasteiger charge is 2.35. The van der Waals surface area contributed by atoms with Gasteiger partial charge in [0.25, 0.3) is 0 Å². The molecule has 1 aliphatic heterocycles. The topological polar surface area (TPSA) is 67.6 Å². The van der Waals surface area contributed by atoms with Gasteiger partial charge in [-0.1, -0.05) is 26.8 Å². The second-order valence-electron chi connectivity index (χ2n) is 8.69. The number of amidine groups is 1. The Balaban J connectivity index is 2.20. The van der Waals surface area contributed by atoms with Crippen LogP contribution in [0.5, 0.6) is 0 Å². The molecule has 2 heterocycles. The van der Waals surface area contributed by atoms with Gasteiger partial charge in [-0.25, -0.2) is 9.38 Å². The number of nitriles is 1. The van der Waals surface area contributed by atoms with E-state index in [2.05, 4.69) is 9.98 Å². The van der Waals surface area contributed by atoms with Crippen LogP contribution >= 0.6 is 0 Å². The number of alkyl halides is 3. The molecule has 0 saturated carbocycles. The van der Waals surface area contributed by atoms with E-state index in [0.29, 0.717) is 24.7 Å². The van der Waals surface area contributed by atoms with Crippen LogP contribution in [-0.4, -0.2) is 27.9 Å². The summed E-state index contributed by atoms with van der Waals surface area (Å²) in [4.78, 5) is 7.89. The van der Waals surface area contributed by atoms with Gasteiger partial charge in [-0.05, 0) is 25.0 Å². The molecule has 0 amide bonds. The van der Waals surface area contributed by atoms with E-state index in [1.807, 2.05) is 37.2 Å². The van der Waals surface area contributed by atoms with Crippen LogP contribution in [0.25, 0.3) is 0 Å². The molecule has 1 saturated heterocycles. The smallest absolute Gasteiger partial charge is 0.376 e. The lowest BCUT2D eigenvalue weighted by Crippen LogP contribution is -2.30. The summed E-state index contributed by atoms with van der Waals surface area (Å²) in [6.07, 6.45) is -1.61. The van der Waals surface area contributed by atoms with Crippen molar-refractivity contribution in [2.45, 2.75) is 57.9 Å². The van der Waals surface area contributed by atoms with Crippen molar-refractivity contribution in [2.75, 3.05) is 6.61 Å². The molecule has 1 aromatic carbocycles. The summed E-state index contributed by atoms with van der Waals surface area (Å²) < 4.78 is 63.7. The molecular weight excluding hydrogens is 426 g/mol. The van der Waals surface area contributed by atoms with Crippen LogP contribution in [0.3, 0.4) is 0 Å². The summed E-state index contributed by atoms with van der Waals surface area (Å²) in [7, 11) is 1.85. The summed E-state index contributed by atoms with van der Waals surface area (Å²) in [5.41, 5.74) is -0.957. The molecule has 1 fully saturated rings. The zero-order valence-corrected chi connectivity index (χ0v) is 18.4.